The highest BCUT2D eigenvalue weighted by atomic mass is 16.2. The average molecular weight is 186 g/mol. The van der Waals surface area contributed by atoms with Crippen LogP contribution in [0.25, 0.3) is 0 Å². The Morgan fingerprint density at radius 1 is 1.31 bits per heavy atom. The van der Waals surface area contributed by atoms with Gasteiger partial charge in [0, 0.05) is 7.05 Å². The van der Waals surface area contributed by atoms with E-state index in [1.54, 1.807) is 0 Å². The lowest BCUT2D eigenvalue weighted by Crippen LogP contribution is -2.51. The van der Waals surface area contributed by atoms with Crippen LogP contribution in [0.2, 0.25) is 0 Å². The summed E-state index contributed by atoms with van der Waals surface area (Å²) in [6.07, 6.45) is 1.15. The van der Waals surface area contributed by atoms with E-state index in [2.05, 4.69) is 16.2 Å². The Hall–Kier alpha value is -1.30. The minimum Gasteiger partial charge on any atom is -0.340 e. The van der Waals surface area contributed by atoms with E-state index < -0.39 is 6.03 Å². The third kappa shape index (κ3) is 3.29. The molecular weight excluding hydrogens is 172 g/mol. The Labute approximate surface area is 76.6 Å². The Balaban J connectivity index is 2.06. The maximum Gasteiger partial charge on any atom is 0.333 e. The lowest BCUT2D eigenvalue weighted by molar-refractivity contribution is -0.123. The summed E-state index contributed by atoms with van der Waals surface area (Å²) in [5, 5.41) is 2.32. The fraction of sp³-hybridized carbons (Fsp3) is 0.714. The smallest absolute Gasteiger partial charge is 0.333 e. The van der Waals surface area contributed by atoms with E-state index in [-0.39, 0.29) is 5.91 Å². The maximum absolute atomic E-state index is 11.1. The van der Waals surface area contributed by atoms with Gasteiger partial charge in [-0.1, -0.05) is 0 Å². The molecule has 6 heteroatoms. The summed E-state index contributed by atoms with van der Waals surface area (Å²) in [7, 11) is 1.48. The largest absolute Gasteiger partial charge is 0.340 e. The summed E-state index contributed by atoms with van der Waals surface area (Å²) in [6, 6.07) is -0.419. The molecule has 74 valence electrons. The standard InChI is InChI=1S/C7H14N4O2/c1-8-7(13)10-9-6(12)5-11-3-2-4-11/h2-5H2,1H3,(H,9,12)(H2,8,10,13). The minimum absolute atomic E-state index is 0.191. The van der Waals surface area contributed by atoms with E-state index in [0.29, 0.717) is 6.54 Å². The summed E-state index contributed by atoms with van der Waals surface area (Å²) < 4.78 is 0. The van der Waals surface area contributed by atoms with E-state index in [0.717, 1.165) is 19.5 Å². The van der Waals surface area contributed by atoms with Gasteiger partial charge in [-0.05, 0) is 19.5 Å². The number of nitrogens with one attached hydrogen (secondary N) is 3. The van der Waals surface area contributed by atoms with Crippen molar-refractivity contribution in [1.29, 1.82) is 0 Å². The van der Waals surface area contributed by atoms with Crippen LogP contribution in [0.1, 0.15) is 6.42 Å². The number of nitrogens with zero attached hydrogens (tertiary/aromatic N) is 1. The second-order valence-corrected chi connectivity index (χ2v) is 2.88. The number of carbonyl (C=O) groups is 2. The van der Waals surface area contributed by atoms with Crippen LogP contribution in [0, 0.1) is 0 Å². The van der Waals surface area contributed by atoms with E-state index in [4.69, 9.17) is 0 Å². The maximum atomic E-state index is 11.1. The summed E-state index contributed by atoms with van der Waals surface area (Å²) in [5.74, 6) is -0.191. The Bertz CT molecular complexity index is 203. The molecule has 1 aliphatic rings. The zero-order valence-electron chi connectivity index (χ0n) is 7.59. The first kappa shape index (κ1) is 9.79. The number of amides is 3. The van der Waals surface area contributed by atoms with Crippen LogP contribution in [0.3, 0.4) is 0 Å². The first-order valence-corrected chi connectivity index (χ1v) is 4.21. The third-order valence-electron chi connectivity index (χ3n) is 1.86. The van der Waals surface area contributed by atoms with Crippen molar-refractivity contribution in [3.05, 3.63) is 0 Å². The van der Waals surface area contributed by atoms with Crippen molar-refractivity contribution < 1.29 is 9.59 Å². The molecule has 0 atom stereocenters. The second kappa shape index (κ2) is 4.66. The van der Waals surface area contributed by atoms with Crippen molar-refractivity contribution in [3.63, 3.8) is 0 Å². The molecule has 0 unspecified atom stereocenters. The monoisotopic (exact) mass is 186 g/mol. The summed E-state index contributed by atoms with van der Waals surface area (Å²) in [5.41, 5.74) is 4.50. The molecule has 0 saturated carbocycles. The molecule has 3 N–H and O–H groups in total. The van der Waals surface area contributed by atoms with E-state index in [1.807, 2.05) is 4.90 Å². The van der Waals surface area contributed by atoms with E-state index >= 15 is 0 Å². The molecule has 0 spiro atoms. The second-order valence-electron chi connectivity index (χ2n) is 2.88. The number of hydrogen-bond acceptors (Lipinski definition) is 3. The highest BCUT2D eigenvalue weighted by Crippen LogP contribution is 2.03. The van der Waals surface area contributed by atoms with Crippen LogP contribution < -0.4 is 16.2 Å². The molecule has 1 heterocycles. The van der Waals surface area contributed by atoms with Crippen molar-refractivity contribution in [2.45, 2.75) is 6.42 Å². The Kier molecular flexibility index (Phi) is 3.51. The Morgan fingerprint density at radius 2 is 2.00 bits per heavy atom. The molecule has 1 rings (SSSR count). The van der Waals surface area contributed by atoms with E-state index in [1.165, 1.54) is 7.05 Å². The Morgan fingerprint density at radius 3 is 2.46 bits per heavy atom. The molecule has 0 aliphatic carbocycles. The van der Waals surface area contributed by atoms with Crippen LogP contribution in [0.4, 0.5) is 4.79 Å². The summed E-state index contributed by atoms with van der Waals surface area (Å²) in [4.78, 5) is 23.7. The van der Waals surface area contributed by atoms with Crippen molar-refractivity contribution in [3.8, 4) is 0 Å². The molecule has 13 heavy (non-hydrogen) atoms. The summed E-state index contributed by atoms with van der Waals surface area (Å²) in [6.45, 7) is 2.28. The molecule has 1 aliphatic heterocycles. The van der Waals surface area contributed by atoms with Crippen molar-refractivity contribution in [1.82, 2.24) is 21.1 Å². The molecule has 0 radical (unpaired) electrons. The molecule has 0 aromatic rings. The van der Waals surface area contributed by atoms with Gasteiger partial charge in [0.15, 0.2) is 0 Å². The first-order valence-electron chi connectivity index (χ1n) is 4.21. The molecular formula is C7H14N4O2. The summed E-state index contributed by atoms with van der Waals surface area (Å²) >= 11 is 0. The number of hydrogen-bond donors (Lipinski definition) is 3. The molecule has 1 saturated heterocycles. The van der Waals surface area contributed by atoms with Gasteiger partial charge in [0.2, 0.25) is 0 Å². The van der Waals surface area contributed by atoms with Crippen LogP contribution in [-0.2, 0) is 4.79 Å². The van der Waals surface area contributed by atoms with Crippen LogP contribution in [0.15, 0.2) is 0 Å². The van der Waals surface area contributed by atoms with Crippen molar-refractivity contribution in [2.75, 3.05) is 26.7 Å². The zero-order valence-corrected chi connectivity index (χ0v) is 7.59. The van der Waals surface area contributed by atoms with Gasteiger partial charge in [-0.2, -0.15) is 0 Å². The lowest BCUT2D eigenvalue weighted by atomic mass is 10.2. The molecule has 1 fully saturated rings. The first-order chi connectivity index (χ1) is 6.22. The molecule has 0 aromatic heterocycles. The number of hydrazine groups is 1. The quantitative estimate of drug-likeness (QED) is 0.467. The van der Waals surface area contributed by atoms with Crippen molar-refractivity contribution in [2.24, 2.45) is 0 Å². The molecule has 0 aromatic carbocycles. The average Bonchev–Trinajstić information content (AvgIpc) is 2.07. The number of rotatable bonds is 2. The van der Waals surface area contributed by atoms with E-state index in [9.17, 15) is 9.59 Å². The van der Waals surface area contributed by atoms with Gasteiger partial charge >= 0.3 is 6.03 Å². The van der Waals surface area contributed by atoms with Gasteiger partial charge < -0.3 is 5.32 Å². The normalized spacial score (nSPS) is 15.8. The molecule has 6 nitrogen and oxygen atoms in total. The number of likely N-dealkylation sites (tertiary alicyclic amines) is 1. The van der Waals surface area contributed by atoms with Gasteiger partial charge in [-0.25, -0.2) is 10.2 Å². The van der Waals surface area contributed by atoms with Gasteiger partial charge in [-0.15, -0.1) is 0 Å². The molecule has 0 bridgehead atoms. The van der Waals surface area contributed by atoms with Gasteiger partial charge in [0.25, 0.3) is 5.91 Å². The predicted molar refractivity (Wildman–Crippen MR) is 46.8 cm³/mol. The SMILES string of the molecule is CNC(=O)NNC(=O)CN1CCC1. The number of carbonyl (C=O) groups excluding carboxylic acids is 2. The zero-order chi connectivity index (χ0) is 9.68. The topological polar surface area (TPSA) is 73.5 Å². The van der Waals surface area contributed by atoms with Crippen LogP contribution in [-0.4, -0.2) is 43.5 Å². The predicted octanol–water partition coefficient (Wildman–Crippen LogP) is -1.35. The minimum atomic E-state index is -0.419. The highest BCUT2D eigenvalue weighted by Gasteiger charge is 2.16. The fourth-order valence-corrected chi connectivity index (χ4v) is 0.971. The van der Waals surface area contributed by atoms with Gasteiger partial charge in [0.1, 0.15) is 0 Å². The molecule has 3 amide bonds. The number of urea groups is 1. The van der Waals surface area contributed by atoms with Gasteiger partial charge in [0.05, 0.1) is 6.54 Å². The van der Waals surface area contributed by atoms with Crippen molar-refractivity contribution >= 4 is 11.9 Å². The highest BCUT2D eigenvalue weighted by molar-refractivity contribution is 5.82. The van der Waals surface area contributed by atoms with Crippen LogP contribution >= 0.6 is 0 Å². The van der Waals surface area contributed by atoms with Crippen LogP contribution in [0.5, 0.6) is 0 Å². The third-order valence-corrected chi connectivity index (χ3v) is 1.86. The van der Waals surface area contributed by atoms with Gasteiger partial charge in [-0.3, -0.25) is 15.1 Å². The fourth-order valence-electron chi connectivity index (χ4n) is 0.971. The lowest BCUT2D eigenvalue weighted by Gasteiger charge is -2.29.